The fourth-order valence-corrected chi connectivity index (χ4v) is 3.70. The van der Waals surface area contributed by atoms with Crippen LogP contribution >= 0.6 is 11.6 Å². The number of hydrogen-bond acceptors (Lipinski definition) is 4. The molecule has 3 aromatic rings. The van der Waals surface area contributed by atoms with Gasteiger partial charge in [-0.2, -0.15) is 4.98 Å². The molecule has 1 aromatic heterocycles. The molecular formula is C21H20ClN3O2. The lowest BCUT2D eigenvalue weighted by Gasteiger charge is -2.24. The van der Waals surface area contributed by atoms with Gasteiger partial charge in [0, 0.05) is 24.4 Å². The summed E-state index contributed by atoms with van der Waals surface area (Å²) >= 11 is 6.20. The second-order valence-corrected chi connectivity index (χ2v) is 7.26. The Morgan fingerprint density at radius 1 is 1.19 bits per heavy atom. The van der Waals surface area contributed by atoms with Gasteiger partial charge in [-0.3, -0.25) is 4.79 Å². The predicted octanol–water partition coefficient (Wildman–Crippen LogP) is 4.39. The summed E-state index contributed by atoms with van der Waals surface area (Å²) in [4.78, 5) is 18.9. The number of benzene rings is 2. The van der Waals surface area contributed by atoms with Crippen molar-refractivity contribution in [3.05, 3.63) is 82.5 Å². The smallest absolute Gasteiger partial charge is 0.232 e. The Labute approximate surface area is 163 Å². The second kappa shape index (κ2) is 7.53. The monoisotopic (exact) mass is 381 g/mol. The first-order valence-corrected chi connectivity index (χ1v) is 9.40. The fourth-order valence-electron chi connectivity index (χ4n) is 3.50. The molecule has 1 fully saturated rings. The van der Waals surface area contributed by atoms with E-state index in [0.717, 1.165) is 11.1 Å². The van der Waals surface area contributed by atoms with Crippen molar-refractivity contribution in [2.24, 2.45) is 0 Å². The number of carbonyl (C=O) groups excluding carboxylic acids is 1. The predicted molar refractivity (Wildman–Crippen MR) is 102 cm³/mol. The van der Waals surface area contributed by atoms with Gasteiger partial charge < -0.3 is 9.42 Å². The number of rotatable bonds is 5. The molecule has 1 amide bonds. The Morgan fingerprint density at radius 3 is 2.70 bits per heavy atom. The highest BCUT2D eigenvalue weighted by atomic mass is 35.5. The summed E-state index contributed by atoms with van der Waals surface area (Å²) in [6.07, 6.45) is 0.902. The summed E-state index contributed by atoms with van der Waals surface area (Å²) < 4.78 is 5.46. The summed E-state index contributed by atoms with van der Waals surface area (Å²) in [6.45, 7) is 2.63. The van der Waals surface area contributed by atoms with Crippen LogP contribution < -0.4 is 0 Å². The number of amides is 1. The van der Waals surface area contributed by atoms with Gasteiger partial charge in [0.1, 0.15) is 0 Å². The average molecular weight is 382 g/mol. The van der Waals surface area contributed by atoms with Gasteiger partial charge in [0.25, 0.3) is 0 Å². The van der Waals surface area contributed by atoms with E-state index < -0.39 is 0 Å². The lowest BCUT2D eigenvalue weighted by molar-refractivity contribution is -0.129. The molecule has 0 saturated carbocycles. The van der Waals surface area contributed by atoms with Crippen LogP contribution in [0.25, 0.3) is 0 Å². The Balaban J connectivity index is 1.47. The molecule has 0 radical (unpaired) electrons. The zero-order chi connectivity index (χ0) is 18.8. The lowest BCUT2D eigenvalue weighted by Crippen LogP contribution is -2.28. The number of halogens is 1. The molecule has 6 heteroatoms. The van der Waals surface area contributed by atoms with Gasteiger partial charge in [-0.25, -0.2) is 0 Å². The summed E-state index contributed by atoms with van der Waals surface area (Å²) in [5.74, 6) is 1.15. The van der Waals surface area contributed by atoms with Crippen LogP contribution in [-0.4, -0.2) is 27.5 Å². The SMILES string of the molecule is CC(c1ccccc1)N1CC(c2nc(Cc3ccccc3Cl)no2)CC1=O. The molecule has 2 atom stereocenters. The van der Waals surface area contributed by atoms with Gasteiger partial charge in [-0.15, -0.1) is 0 Å². The van der Waals surface area contributed by atoms with E-state index in [4.69, 9.17) is 16.1 Å². The first kappa shape index (κ1) is 17.7. The van der Waals surface area contributed by atoms with Crippen molar-refractivity contribution in [1.82, 2.24) is 15.0 Å². The van der Waals surface area contributed by atoms with Crippen molar-refractivity contribution in [3.8, 4) is 0 Å². The second-order valence-electron chi connectivity index (χ2n) is 6.85. The minimum Gasteiger partial charge on any atom is -0.339 e. The van der Waals surface area contributed by atoms with Crippen LogP contribution in [0.3, 0.4) is 0 Å². The summed E-state index contributed by atoms with van der Waals surface area (Å²) in [6, 6.07) is 17.7. The number of likely N-dealkylation sites (tertiary alicyclic amines) is 1. The third-order valence-electron chi connectivity index (χ3n) is 5.05. The summed E-state index contributed by atoms with van der Waals surface area (Å²) in [5, 5.41) is 4.76. The van der Waals surface area contributed by atoms with Crippen molar-refractivity contribution in [1.29, 1.82) is 0 Å². The molecule has 0 N–H and O–H groups in total. The van der Waals surface area contributed by atoms with Crippen LogP contribution in [0, 0.1) is 0 Å². The third-order valence-corrected chi connectivity index (χ3v) is 5.42. The lowest BCUT2D eigenvalue weighted by atomic mass is 10.1. The number of nitrogens with zero attached hydrogens (tertiary/aromatic N) is 3. The normalized spacial score (nSPS) is 18.1. The Hall–Kier alpha value is -2.66. The molecule has 4 rings (SSSR count). The molecule has 0 spiro atoms. The Kier molecular flexibility index (Phi) is 4.94. The van der Waals surface area contributed by atoms with Crippen LogP contribution in [0.4, 0.5) is 0 Å². The van der Waals surface area contributed by atoms with E-state index in [1.165, 1.54) is 0 Å². The summed E-state index contributed by atoms with van der Waals surface area (Å²) in [7, 11) is 0. The van der Waals surface area contributed by atoms with Crippen LogP contribution in [0.5, 0.6) is 0 Å². The fraction of sp³-hybridized carbons (Fsp3) is 0.286. The van der Waals surface area contributed by atoms with Crippen molar-refractivity contribution in [2.45, 2.75) is 31.7 Å². The van der Waals surface area contributed by atoms with Crippen molar-refractivity contribution < 1.29 is 9.32 Å². The van der Waals surface area contributed by atoms with E-state index in [0.29, 0.717) is 36.1 Å². The third kappa shape index (κ3) is 3.74. The van der Waals surface area contributed by atoms with Crippen LogP contribution in [0.2, 0.25) is 5.02 Å². The largest absolute Gasteiger partial charge is 0.339 e. The average Bonchev–Trinajstić information content (AvgIpc) is 3.30. The molecule has 5 nitrogen and oxygen atoms in total. The number of hydrogen-bond donors (Lipinski definition) is 0. The minimum absolute atomic E-state index is 0.0224. The highest BCUT2D eigenvalue weighted by Gasteiger charge is 2.36. The highest BCUT2D eigenvalue weighted by molar-refractivity contribution is 6.31. The quantitative estimate of drug-likeness (QED) is 0.657. The van der Waals surface area contributed by atoms with E-state index in [2.05, 4.69) is 10.1 Å². The number of carbonyl (C=O) groups is 1. The van der Waals surface area contributed by atoms with Crippen LogP contribution in [0.1, 0.15) is 48.1 Å². The maximum atomic E-state index is 12.5. The topological polar surface area (TPSA) is 59.2 Å². The minimum atomic E-state index is -0.0730. The maximum Gasteiger partial charge on any atom is 0.232 e. The van der Waals surface area contributed by atoms with E-state index in [-0.39, 0.29) is 17.9 Å². The molecule has 1 aliphatic heterocycles. The van der Waals surface area contributed by atoms with Crippen molar-refractivity contribution in [2.75, 3.05) is 6.54 Å². The zero-order valence-electron chi connectivity index (χ0n) is 15.0. The van der Waals surface area contributed by atoms with Crippen molar-refractivity contribution in [3.63, 3.8) is 0 Å². The van der Waals surface area contributed by atoms with Crippen LogP contribution in [0.15, 0.2) is 59.1 Å². The Morgan fingerprint density at radius 2 is 1.93 bits per heavy atom. The van der Waals surface area contributed by atoms with Gasteiger partial charge in [0.2, 0.25) is 11.8 Å². The Bertz CT molecular complexity index is 941. The van der Waals surface area contributed by atoms with Crippen LogP contribution in [-0.2, 0) is 11.2 Å². The first-order chi connectivity index (χ1) is 13.1. The van der Waals surface area contributed by atoms with E-state index in [9.17, 15) is 4.79 Å². The molecule has 1 saturated heterocycles. The maximum absolute atomic E-state index is 12.5. The van der Waals surface area contributed by atoms with E-state index >= 15 is 0 Å². The van der Waals surface area contributed by atoms with E-state index in [1.54, 1.807) is 0 Å². The van der Waals surface area contributed by atoms with Gasteiger partial charge >= 0.3 is 0 Å². The van der Waals surface area contributed by atoms with Gasteiger partial charge in [-0.1, -0.05) is 65.3 Å². The van der Waals surface area contributed by atoms with Crippen molar-refractivity contribution >= 4 is 17.5 Å². The highest BCUT2D eigenvalue weighted by Crippen LogP contribution is 2.33. The molecule has 0 aliphatic carbocycles. The molecule has 2 unspecified atom stereocenters. The molecule has 138 valence electrons. The molecule has 0 bridgehead atoms. The molecular weight excluding hydrogens is 362 g/mol. The zero-order valence-corrected chi connectivity index (χ0v) is 15.8. The number of aromatic nitrogens is 2. The standard InChI is InChI=1S/C21H20ClN3O2/c1-14(15-7-3-2-4-8-15)25-13-17(12-20(25)26)21-23-19(24-27-21)11-16-9-5-6-10-18(16)22/h2-10,14,17H,11-13H2,1H3. The van der Waals surface area contributed by atoms with Gasteiger partial charge in [-0.05, 0) is 24.1 Å². The van der Waals surface area contributed by atoms with E-state index in [1.807, 2.05) is 66.4 Å². The first-order valence-electron chi connectivity index (χ1n) is 9.02. The van der Waals surface area contributed by atoms with Gasteiger partial charge in [0.05, 0.1) is 12.0 Å². The molecule has 2 aromatic carbocycles. The molecule has 2 heterocycles. The molecule has 27 heavy (non-hydrogen) atoms. The van der Waals surface area contributed by atoms with Gasteiger partial charge in [0.15, 0.2) is 5.82 Å². The molecule has 1 aliphatic rings. The summed E-state index contributed by atoms with van der Waals surface area (Å²) in [5.41, 5.74) is 2.07.